The first-order chi connectivity index (χ1) is 6.17. The number of hydrogen-bond donors (Lipinski definition) is 2. The van der Waals surface area contributed by atoms with Gasteiger partial charge in [0.15, 0.2) is 0 Å². The maximum absolute atomic E-state index is 11.6. The summed E-state index contributed by atoms with van der Waals surface area (Å²) in [5, 5.41) is 0. The summed E-state index contributed by atoms with van der Waals surface area (Å²) in [4.78, 5) is 0. The van der Waals surface area contributed by atoms with E-state index in [4.69, 9.17) is 0 Å². The molecular weight excluding hydrogens is 249 g/mol. The van der Waals surface area contributed by atoms with E-state index in [1.165, 1.54) is 4.72 Å². The van der Waals surface area contributed by atoms with E-state index >= 15 is 0 Å². The molecule has 1 unspecified atom stereocenters. The Morgan fingerprint density at radius 3 is 2.14 bits per heavy atom. The number of nitrogens with one attached hydrogen (secondary N) is 2. The van der Waals surface area contributed by atoms with Crippen LogP contribution in [0.15, 0.2) is 0 Å². The van der Waals surface area contributed by atoms with Crippen molar-refractivity contribution < 1.29 is 30.4 Å². The van der Waals surface area contributed by atoms with Gasteiger partial charge in [-0.3, -0.25) is 4.21 Å². The lowest BCUT2D eigenvalue weighted by Crippen LogP contribution is -2.40. The van der Waals surface area contributed by atoms with Crippen molar-refractivity contribution >= 4 is 21.3 Å². The third kappa shape index (κ3) is 4.85. The molecule has 0 aromatic heterocycles. The third-order valence-electron chi connectivity index (χ3n) is 0.942. The molecule has 0 aliphatic heterocycles. The molecule has 0 aliphatic carbocycles. The molecule has 11 heteroatoms. The molecule has 0 heterocycles. The molecule has 0 aromatic rings. The Bertz CT molecular complexity index is 299. The second-order valence-corrected chi connectivity index (χ2v) is 4.49. The van der Waals surface area contributed by atoms with Crippen LogP contribution in [0, 0.1) is 0 Å². The van der Waals surface area contributed by atoms with Crippen molar-refractivity contribution in [2.75, 3.05) is 13.1 Å². The SMILES string of the molecule is O=S([O-])NCCNS(=O)(=O)C(F)(F)F. The molecule has 0 rings (SSSR count). The monoisotopic (exact) mass is 255 g/mol. The van der Waals surface area contributed by atoms with Gasteiger partial charge in [0, 0.05) is 24.4 Å². The highest BCUT2D eigenvalue weighted by molar-refractivity contribution is 7.90. The van der Waals surface area contributed by atoms with Crippen LogP contribution in [0.4, 0.5) is 13.2 Å². The number of hydrogen-bond acceptors (Lipinski definition) is 4. The predicted octanol–water partition coefficient (Wildman–Crippen LogP) is -1.19. The molecule has 14 heavy (non-hydrogen) atoms. The van der Waals surface area contributed by atoms with Crippen LogP contribution in [0.3, 0.4) is 0 Å². The fraction of sp³-hybridized carbons (Fsp3) is 1.00. The Morgan fingerprint density at radius 1 is 1.29 bits per heavy atom. The molecule has 0 aliphatic rings. The highest BCUT2D eigenvalue weighted by atomic mass is 32.2. The fourth-order valence-corrected chi connectivity index (χ4v) is 1.20. The van der Waals surface area contributed by atoms with Gasteiger partial charge in [-0.15, -0.1) is 0 Å². The Balaban J connectivity index is 3.97. The molecule has 0 saturated carbocycles. The normalized spacial score (nSPS) is 15.4. The molecule has 0 fully saturated rings. The van der Waals surface area contributed by atoms with Crippen LogP contribution in [0.2, 0.25) is 0 Å². The van der Waals surface area contributed by atoms with Crippen LogP contribution in [0.25, 0.3) is 0 Å². The van der Waals surface area contributed by atoms with E-state index in [9.17, 15) is 30.4 Å². The Labute approximate surface area is 80.3 Å². The van der Waals surface area contributed by atoms with Gasteiger partial charge < -0.3 is 4.55 Å². The van der Waals surface area contributed by atoms with Crippen LogP contribution in [-0.2, 0) is 21.3 Å². The first-order valence-corrected chi connectivity index (χ1v) is 5.61. The quantitative estimate of drug-likeness (QED) is 0.476. The molecule has 86 valence electrons. The fourth-order valence-electron chi connectivity index (χ4n) is 0.402. The van der Waals surface area contributed by atoms with Crippen LogP contribution < -0.4 is 9.44 Å². The van der Waals surface area contributed by atoms with Crippen LogP contribution in [0.1, 0.15) is 0 Å². The zero-order valence-corrected chi connectivity index (χ0v) is 8.13. The lowest BCUT2D eigenvalue weighted by molar-refractivity contribution is -0.0447. The molecule has 0 aromatic carbocycles. The minimum Gasteiger partial charge on any atom is -0.760 e. The minimum absolute atomic E-state index is 0.453. The average Bonchev–Trinajstić information content (AvgIpc) is 1.95. The lowest BCUT2D eigenvalue weighted by Gasteiger charge is -2.10. The van der Waals surface area contributed by atoms with E-state index in [1.54, 1.807) is 4.72 Å². The summed E-state index contributed by atoms with van der Waals surface area (Å²) in [5.74, 6) is 0. The number of sulfonamides is 1. The van der Waals surface area contributed by atoms with Crippen molar-refractivity contribution in [2.45, 2.75) is 5.51 Å². The highest BCUT2D eigenvalue weighted by Gasteiger charge is 2.45. The average molecular weight is 255 g/mol. The summed E-state index contributed by atoms with van der Waals surface area (Å²) in [6.45, 7) is -1.12. The van der Waals surface area contributed by atoms with Crippen molar-refractivity contribution in [1.29, 1.82) is 0 Å². The lowest BCUT2D eigenvalue weighted by atomic mass is 10.7. The van der Waals surface area contributed by atoms with Crippen LogP contribution >= 0.6 is 0 Å². The van der Waals surface area contributed by atoms with Crippen LogP contribution in [0.5, 0.6) is 0 Å². The maximum atomic E-state index is 11.6. The zero-order valence-electron chi connectivity index (χ0n) is 6.50. The van der Waals surface area contributed by atoms with Crippen molar-refractivity contribution in [3.8, 4) is 0 Å². The maximum Gasteiger partial charge on any atom is 0.511 e. The van der Waals surface area contributed by atoms with E-state index in [1.807, 2.05) is 0 Å². The van der Waals surface area contributed by atoms with E-state index < -0.39 is 39.9 Å². The number of alkyl halides is 3. The summed E-state index contributed by atoms with van der Waals surface area (Å²) in [6, 6.07) is 0. The Hall–Kier alpha value is -0.230. The first-order valence-electron chi connectivity index (χ1n) is 3.05. The summed E-state index contributed by atoms with van der Waals surface area (Å²) in [6.07, 6.45) is 0. The van der Waals surface area contributed by atoms with Crippen molar-refractivity contribution in [2.24, 2.45) is 0 Å². The van der Waals surface area contributed by atoms with Crippen molar-refractivity contribution in [3.05, 3.63) is 0 Å². The summed E-state index contributed by atoms with van der Waals surface area (Å²) in [7, 11) is -5.39. The second kappa shape index (κ2) is 5.02. The van der Waals surface area contributed by atoms with E-state index in [-0.39, 0.29) is 0 Å². The van der Waals surface area contributed by atoms with Crippen molar-refractivity contribution in [1.82, 2.24) is 9.44 Å². The number of halogens is 3. The molecule has 0 bridgehead atoms. The van der Waals surface area contributed by atoms with Gasteiger partial charge >= 0.3 is 15.5 Å². The Kier molecular flexibility index (Phi) is 4.94. The zero-order chi connectivity index (χ0) is 11.4. The molecule has 1 atom stereocenters. The molecule has 0 saturated heterocycles. The van der Waals surface area contributed by atoms with Gasteiger partial charge in [0.25, 0.3) is 0 Å². The smallest absolute Gasteiger partial charge is 0.511 e. The van der Waals surface area contributed by atoms with Gasteiger partial charge in [-0.05, 0) is 0 Å². The minimum atomic E-state index is -5.39. The molecular formula is C3H6F3N2O4S2-. The molecule has 0 spiro atoms. The standard InChI is InChI=1S/C3H7F3N2O4S2/c4-3(5,6)14(11,12)8-2-1-7-13(9)10/h7-8H,1-2H2,(H,9,10)/p-1. The van der Waals surface area contributed by atoms with E-state index in [2.05, 4.69) is 0 Å². The molecule has 6 nitrogen and oxygen atoms in total. The molecule has 0 radical (unpaired) electrons. The van der Waals surface area contributed by atoms with Crippen LogP contribution in [-0.4, -0.2) is 35.8 Å². The Morgan fingerprint density at radius 2 is 1.79 bits per heavy atom. The summed E-state index contributed by atoms with van der Waals surface area (Å²) >= 11 is -2.63. The highest BCUT2D eigenvalue weighted by Crippen LogP contribution is 2.20. The topological polar surface area (TPSA) is 98.3 Å². The van der Waals surface area contributed by atoms with Gasteiger partial charge in [0.2, 0.25) is 0 Å². The van der Waals surface area contributed by atoms with Gasteiger partial charge in [-0.25, -0.2) is 17.9 Å². The number of rotatable bonds is 5. The largest absolute Gasteiger partial charge is 0.760 e. The van der Waals surface area contributed by atoms with Gasteiger partial charge in [0.1, 0.15) is 0 Å². The van der Waals surface area contributed by atoms with Gasteiger partial charge in [-0.1, -0.05) is 0 Å². The molecule has 2 N–H and O–H groups in total. The van der Waals surface area contributed by atoms with Gasteiger partial charge in [0.05, 0.1) is 0 Å². The third-order valence-corrected chi connectivity index (χ3v) is 2.58. The first kappa shape index (κ1) is 13.8. The second-order valence-electron chi connectivity index (χ2n) is 1.97. The summed E-state index contributed by atoms with van der Waals surface area (Å²) in [5.41, 5.74) is -5.39. The predicted molar refractivity (Wildman–Crippen MR) is 39.9 cm³/mol. The van der Waals surface area contributed by atoms with E-state index in [0.29, 0.717) is 0 Å². The van der Waals surface area contributed by atoms with Crippen molar-refractivity contribution in [3.63, 3.8) is 0 Å². The van der Waals surface area contributed by atoms with E-state index in [0.717, 1.165) is 0 Å². The van der Waals surface area contributed by atoms with Gasteiger partial charge in [-0.2, -0.15) is 13.2 Å². The molecule has 0 amide bonds. The summed E-state index contributed by atoms with van der Waals surface area (Å²) < 4.78 is 77.9.